The molecule has 5 heteroatoms. The number of carbonyl (C=O) groups is 1. The van der Waals surface area contributed by atoms with E-state index in [9.17, 15) is 4.79 Å². The normalized spacial score (nSPS) is 14.1. The predicted octanol–water partition coefficient (Wildman–Crippen LogP) is 3.86. The molecule has 0 unspecified atom stereocenters. The van der Waals surface area contributed by atoms with Crippen LogP contribution in [0.1, 0.15) is 42.5 Å². The summed E-state index contributed by atoms with van der Waals surface area (Å²) in [5.41, 5.74) is 5.31. The molecule has 1 aliphatic rings. The first kappa shape index (κ1) is 21.1. The fourth-order valence-electron chi connectivity index (χ4n) is 3.58. The Kier molecular flexibility index (Phi) is 7.42. The fraction of sp³-hybridized carbons (Fsp3) is 0.417. The van der Waals surface area contributed by atoms with Gasteiger partial charge in [-0.2, -0.15) is 0 Å². The van der Waals surface area contributed by atoms with Crippen LogP contribution in [-0.2, 0) is 22.6 Å². The van der Waals surface area contributed by atoms with Gasteiger partial charge >= 0.3 is 5.97 Å². The Morgan fingerprint density at radius 1 is 1.14 bits per heavy atom. The third kappa shape index (κ3) is 5.24. The number of likely N-dealkylation sites (N-methyl/N-ethyl adjacent to an activating group) is 1. The summed E-state index contributed by atoms with van der Waals surface area (Å²) in [6.07, 6.45) is 0.996. The first-order valence-corrected chi connectivity index (χ1v) is 10.3. The van der Waals surface area contributed by atoms with Gasteiger partial charge in [-0.05, 0) is 42.8 Å². The third-order valence-electron chi connectivity index (χ3n) is 5.38. The number of fused-ring (bicyclic) bond motifs is 2. The van der Waals surface area contributed by atoms with Crippen LogP contribution in [0.5, 0.6) is 5.75 Å². The molecule has 154 valence electrons. The Morgan fingerprint density at radius 3 is 2.69 bits per heavy atom. The number of rotatable bonds is 8. The van der Waals surface area contributed by atoms with E-state index in [2.05, 4.69) is 36.9 Å². The lowest BCUT2D eigenvalue weighted by atomic mass is 9.96. The molecule has 2 aromatic rings. The quantitative estimate of drug-likeness (QED) is 0.638. The van der Waals surface area contributed by atoms with Crippen molar-refractivity contribution < 1.29 is 14.3 Å². The maximum Gasteiger partial charge on any atom is 0.305 e. The van der Waals surface area contributed by atoms with Crippen molar-refractivity contribution in [2.45, 2.75) is 33.3 Å². The molecule has 0 radical (unpaired) electrons. The van der Waals surface area contributed by atoms with Crippen molar-refractivity contribution in [2.24, 2.45) is 4.99 Å². The number of methoxy groups -OCH3 is 1. The molecule has 3 rings (SSSR count). The molecule has 1 aliphatic heterocycles. The van der Waals surface area contributed by atoms with Crippen LogP contribution in [0.2, 0.25) is 0 Å². The van der Waals surface area contributed by atoms with Gasteiger partial charge in [-0.15, -0.1) is 0 Å². The number of esters is 1. The van der Waals surface area contributed by atoms with Gasteiger partial charge < -0.3 is 14.4 Å². The zero-order valence-electron chi connectivity index (χ0n) is 17.6. The minimum atomic E-state index is -0.199. The van der Waals surface area contributed by atoms with Gasteiger partial charge in [0.25, 0.3) is 0 Å². The molecule has 0 aliphatic carbocycles. The summed E-state index contributed by atoms with van der Waals surface area (Å²) < 4.78 is 10.9. The molecule has 1 heterocycles. The summed E-state index contributed by atoms with van der Waals surface area (Å²) in [4.78, 5) is 18.9. The molecule has 0 aromatic heterocycles. The summed E-state index contributed by atoms with van der Waals surface area (Å²) >= 11 is 0. The molecule has 0 atom stereocenters. The van der Waals surface area contributed by atoms with Crippen molar-refractivity contribution >= 4 is 11.7 Å². The Hall–Kier alpha value is -2.66. The first-order valence-electron chi connectivity index (χ1n) is 10.3. The number of nitrogens with zero attached hydrogens (tertiary/aromatic N) is 2. The second-order valence-electron chi connectivity index (χ2n) is 7.11. The molecule has 0 fully saturated rings. The molecule has 0 bridgehead atoms. The molecule has 2 aromatic carbocycles. The largest absolute Gasteiger partial charge is 0.488 e. The van der Waals surface area contributed by atoms with Crippen molar-refractivity contribution in [3.8, 4) is 5.75 Å². The van der Waals surface area contributed by atoms with Crippen molar-refractivity contribution in [3.63, 3.8) is 0 Å². The maximum absolute atomic E-state index is 11.5. The van der Waals surface area contributed by atoms with Crippen molar-refractivity contribution in [1.82, 2.24) is 4.90 Å². The second kappa shape index (κ2) is 10.2. The van der Waals surface area contributed by atoms with E-state index in [1.165, 1.54) is 7.11 Å². The second-order valence-corrected chi connectivity index (χ2v) is 7.11. The minimum Gasteiger partial charge on any atom is -0.488 e. The molecule has 0 spiro atoms. The molecular weight excluding hydrogens is 364 g/mol. The van der Waals surface area contributed by atoms with Gasteiger partial charge in [0, 0.05) is 24.1 Å². The zero-order valence-corrected chi connectivity index (χ0v) is 17.6. The van der Waals surface area contributed by atoms with E-state index in [0.29, 0.717) is 19.4 Å². The summed E-state index contributed by atoms with van der Waals surface area (Å²) in [6, 6.07) is 14.4. The van der Waals surface area contributed by atoms with Gasteiger partial charge in [0.05, 0.1) is 19.4 Å². The molecule has 0 saturated carbocycles. The highest BCUT2D eigenvalue weighted by molar-refractivity contribution is 6.15. The predicted molar refractivity (Wildman–Crippen MR) is 116 cm³/mol. The Labute approximate surface area is 173 Å². The van der Waals surface area contributed by atoms with Crippen LogP contribution in [0.3, 0.4) is 0 Å². The monoisotopic (exact) mass is 394 g/mol. The van der Waals surface area contributed by atoms with Gasteiger partial charge in [-0.3, -0.25) is 9.79 Å². The molecule has 0 N–H and O–H groups in total. The zero-order chi connectivity index (χ0) is 20.6. The van der Waals surface area contributed by atoms with Crippen LogP contribution in [0, 0.1) is 0 Å². The number of hydrogen-bond acceptors (Lipinski definition) is 5. The van der Waals surface area contributed by atoms with E-state index < -0.39 is 0 Å². The Balaban J connectivity index is 1.95. The van der Waals surface area contributed by atoms with Crippen molar-refractivity contribution in [1.29, 1.82) is 0 Å². The Bertz CT molecular complexity index is 872. The fourth-order valence-corrected chi connectivity index (χ4v) is 3.58. The first-order chi connectivity index (χ1) is 14.2. The van der Waals surface area contributed by atoms with E-state index in [0.717, 1.165) is 59.9 Å². The Morgan fingerprint density at radius 2 is 1.93 bits per heavy atom. The number of benzene rings is 2. The smallest absolute Gasteiger partial charge is 0.305 e. The highest BCUT2D eigenvalue weighted by Gasteiger charge is 2.21. The average molecular weight is 395 g/mol. The lowest BCUT2D eigenvalue weighted by molar-refractivity contribution is -0.140. The average Bonchev–Trinajstić information content (AvgIpc) is 2.92. The molecule has 29 heavy (non-hydrogen) atoms. The summed E-state index contributed by atoms with van der Waals surface area (Å²) in [6.45, 7) is 8.58. The highest BCUT2D eigenvalue weighted by atomic mass is 16.5. The number of ether oxygens (including phenoxy) is 2. The number of carbonyl (C=O) groups excluding carboxylic acids is 1. The van der Waals surface area contributed by atoms with Crippen LogP contribution in [-0.4, -0.2) is 49.9 Å². The summed E-state index contributed by atoms with van der Waals surface area (Å²) in [5.74, 6) is 0.638. The van der Waals surface area contributed by atoms with Crippen molar-refractivity contribution in [2.75, 3.05) is 33.3 Å². The molecule has 5 nitrogen and oxygen atoms in total. The molecule has 0 amide bonds. The van der Waals surface area contributed by atoms with Crippen LogP contribution in [0.15, 0.2) is 47.5 Å². The van der Waals surface area contributed by atoms with Gasteiger partial charge in [0.2, 0.25) is 0 Å². The summed E-state index contributed by atoms with van der Waals surface area (Å²) in [5, 5.41) is 0. The number of aryl methyl sites for hydroxylation is 1. The van der Waals surface area contributed by atoms with Gasteiger partial charge in [0.1, 0.15) is 12.4 Å². The van der Waals surface area contributed by atoms with Crippen LogP contribution in [0.4, 0.5) is 0 Å². The highest BCUT2D eigenvalue weighted by Crippen LogP contribution is 2.30. The third-order valence-corrected chi connectivity index (χ3v) is 5.38. The van der Waals surface area contributed by atoms with Crippen LogP contribution >= 0.6 is 0 Å². The van der Waals surface area contributed by atoms with E-state index in [-0.39, 0.29) is 5.97 Å². The van der Waals surface area contributed by atoms with E-state index >= 15 is 0 Å². The maximum atomic E-state index is 11.5. The van der Waals surface area contributed by atoms with Crippen LogP contribution in [0.25, 0.3) is 0 Å². The number of hydrogen-bond donors (Lipinski definition) is 0. The SMILES string of the molecule is CCN(CC)CC/N=C1/c2ccccc2COc2ccc(CCC(=O)OC)cc21. The standard InChI is InChI=1S/C24H30N2O3/c1-4-26(5-2)15-14-25-24-20-9-7-6-8-19(20)17-29-22-12-10-18(16-21(22)24)11-13-23(27)28-3/h6-10,12,16H,4-5,11,13-15,17H2,1-3H3/b25-24-. The lowest BCUT2D eigenvalue weighted by Gasteiger charge is -2.17. The van der Waals surface area contributed by atoms with Crippen molar-refractivity contribution in [3.05, 3.63) is 64.7 Å². The van der Waals surface area contributed by atoms with E-state index in [1.807, 2.05) is 24.3 Å². The molecular formula is C24H30N2O3. The van der Waals surface area contributed by atoms with Crippen LogP contribution < -0.4 is 4.74 Å². The van der Waals surface area contributed by atoms with Gasteiger partial charge in [-0.25, -0.2) is 0 Å². The topological polar surface area (TPSA) is 51.1 Å². The van der Waals surface area contributed by atoms with Gasteiger partial charge in [-0.1, -0.05) is 44.2 Å². The van der Waals surface area contributed by atoms with Gasteiger partial charge in [0.15, 0.2) is 0 Å². The van der Waals surface area contributed by atoms with E-state index in [4.69, 9.17) is 14.5 Å². The minimum absolute atomic E-state index is 0.199. The van der Waals surface area contributed by atoms with E-state index in [1.54, 1.807) is 0 Å². The number of aliphatic imine (C=N–C) groups is 1. The summed E-state index contributed by atoms with van der Waals surface area (Å²) in [7, 11) is 1.42. The molecule has 0 saturated heterocycles. The lowest BCUT2D eigenvalue weighted by Crippen LogP contribution is -2.26.